The predicted octanol–water partition coefficient (Wildman–Crippen LogP) is 1.85. The average Bonchev–Trinajstić information content (AvgIpc) is 3.49. The lowest BCUT2D eigenvalue weighted by Crippen LogP contribution is -2.44. The summed E-state index contributed by atoms with van der Waals surface area (Å²) >= 11 is 0. The molecule has 2 aliphatic heterocycles. The fourth-order valence-electron chi connectivity index (χ4n) is 4.25. The highest BCUT2D eigenvalue weighted by molar-refractivity contribution is 5.95. The monoisotopic (exact) mass is 516 g/mol. The molecule has 37 heavy (non-hydrogen) atoms. The Morgan fingerprint density at radius 1 is 1.16 bits per heavy atom. The van der Waals surface area contributed by atoms with Gasteiger partial charge in [-0.3, -0.25) is 9.59 Å². The number of hydrogen-bond acceptors (Lipinski definition) is 7. The number of fused-ring (bicyclic) bond motifs is 4. The smallest absolute Gasteiger partial charge is 0.416 e. The summed E-state index contributed by atoms with van der Waals surface area (Å²) in [6.07, 6.45) is -1.87. The van der Waals surface area contributed by atoms with E-state index < -0.39 is 29.8 Å². The third-order valence-electron chi connectivity index (χ3n) is 6.17. The van der Waals surface area contributed by atoms with Crippen molar-refractivity contribution in [2.45, 2.75) is 37.9 Å². The van der Waals surface area contributed by atoms with E-state index in [9.17, 15) is 22.8 Å². The molecule has 2 aliphatic rings. The Bertz CT molecular complexity index is 1280. The number of nitrogens with one attached hydrogen (secondary N) is 1. The first kappa shape index (κ1) is 24.7. The number of ether oxygens (including phenoxy) is 2. The van der Waals surface area contributed by atoms with E-state index >= 15 is 0 Å². The van der Waals surface area contributed by atoms with E-state index in [1.165, 1.54) is 23.2 Å². The maximum atomic E-state index is 13.1. The Balaban J connectivity index is 1.33. The molecule has 1 N–H and O–H groups in total. The van der Waals surface area contributed by atoms with E-state index in [1.807, 2.05) is 0 Å². The second kappa shape index (κ2) is 10.2. The zero-order chi connectivity index (χ0) is 26.0. The lowest BCUT2D eigenvalue weighted by Gasteiger charge is -2.20. The molecule has 2 atom stereocenters. The van der Waals surface area contributed by atoms with Gasteiger partial charge in [-0.15, -0.1) is 5.10 Å². The van der Waals surface area contributed by atoms with E-state index in [0.29, 0.717) is 23.6 Å². The number of hydrogen-bond donors (Lipinski definition) is 1. The molecule has 2 bridgehead atoms. The molecule has 1 saturated heterocycles. The SMILES string of the molecule is O=C1N[C@H]2CN(C(=O)Cc3ccc(C(F)(F)F)cc3)C[C@@H]2OCc2cn(nn2)CCOc2cccnc21. The number of halogens is 3. The number of amides is 2. The number of pyridine rings is 1. The van der Waals surface area contributed by atoms with Crippen LogP contribution in [-0.4, -0.2) is 68.5 Å². The minimum absolute atomic E-state index is 0.0852. The fraction of sp³-hybridized carbons (Fsp3) is 0.375. The van der Waals surface area contributed by atoms with Gasteiger partial charge in [-0.1, -0.05) is 17.3 Å². The normalized spacial score (nSPS) is 20.3. The van der Waals surface area contributed by atoms with Gasteiger partial charge in [0.05, 0.1) is 43.5 Å². The minimum Gasteiger partial charge on any atom is -0.489 e. The Labute approximate surface area is 209 Å². The lowest BCUT2D eigenvalue weighted by molar-refractivity contribution is -0.137. The number of alkyl halides is 3. The zero-order valence-corrected chi connectivity index (χ0v) is 19.5. The molecule has 2 amide bonds. The Hall–Kier alpha value is -4.00. The van der Waals surface area contributed by atoms with E-state index in [4.69, 9.17) is 9.47 Å². The van der Waals surface area contributed by atoms with Crippen molar-refractivity contribution in [1.29, 1.82) is 0 Å². The van der Waals surface area contributed by atoms with E-state index in [2.05, 4.69) is 20.6 Å². The molecule has 1 fully saturated rings. The van der Waals surface area contributed by atoms with Crippen LogP contribution in [0, 0.1) is 0 Å². The summed E-state index contributed by atoms with van der Waals surface area (Å²) in [5.41, 5.74) is 0.360. The maximum absolute atomic E-state index is 13.1. The first-order chi connectivity index (χ1) is 17.8. The summed E-state index contributed by atoms with van der Waals surface area (Å²) in [5, 5.41) is 11.0. The van der Waals surface area contributed by atoms with Crippen molar-refractivity contribution in [2.75, 3.05) is 19.7 Å². The Morgan fingerprint density at radius 3 is 2.76 bits per heavy atom. The Morgan fingerprint density at radius 2 is 1.97 bits per heavy atom. The molecule has 3 aromatic rings. The van der Waals surface area contributed by atoms with Crippen LogP contribution in [0.5, 0.6) is 5.75 Å². The van der Waals surface area contributed by atoms with Crippen LogP contribution in [0.15, 0.2) is 48.8 Å². The number of nitrogens with zero attached hydrogens (tertiary/aromatic N) is 5. The fourth-order valence-corrected chi connectivity index (χ4v) is 4.25. The highest BCUT2D eigenvalue weighted by atomic mass is 19.4. The van der Waals surface area contributed by atoms with Gasteiger partial charge in [-0.2, -0.15) is 13.2 Å². The molecular formula is C24H23F3N6O4. The van der Waals surface area contributed by atoms with Gasteiger partial charge < -0.3 is 19.7 Å². The molecule has 0 unspecified atom stereocenters. The summed E-state index contributed by atoms with van der Waals surface area (Å²) < 4.78 is 51.9. The molecule has 0 saturated carbocycles. The predicted molar refractivity (Wildman–Crippen MR) is 121 cm³/mol. The van der Waals surface area contributed by atoms with Crippen LogP contribution in [0.3, 0.4) is 0 Å². The van der Waals surface area contributed by atoms with Crippen LogP contribution in [0.1, 0.15) is 27.3 Å². The van der Waals surface area contributed by atoms with Gasteiger partial charge >= 0.3 is 6.18 Å². The first-order valence-electron chi connectivity index (χ1n) is 11.6. The lowest BCUT2D eigenvalue weighted by atomic mass is 10.1. The van der Waals surface area contributed by atoms with Crippen LogP contribution in [0.25, 0.3) is 0 Å². The number of rotatable bonds is 2. The first-order valence-corrected chi connectivity index (χ1v) is 11.6. The van der Waals surface area contributed by atoms with Crippen LogP contribution in [0.2, 0.25) is 0 Å². The average molecular weight is 516 g/mol. The van der Waals surface area contributed by atoms with Gasteiger partial charge in [-0.25, -0.2) is 9.67 Å². The van der Waals surface area contributed by atoms with E-state index in [-0.39, 0.29) is 44.3 Å². The summed E-state index contributed by atoms with van der Waals surface area (Å²) in [4.78, 5) is 31.8. The molecule has 13 heteroatoms. The summed E-state index contributed by atoms with van der Waals surface area (Å²) in [5.74, 6) is -0.459. The van der Waals surface area contributed by atoms with Crippen molar-refractivity contribution >= 4 is 11.8 Å². The van der Waals surface area contributed by atoms with Crippen LogP contribution >= 0.6 is 0 Å². The number of carbonyl (C=O) groups is 2. The number of carbonyl (C=O) groups excluding carboxylic acids is 2. The quantitative estimate of drug-likeness (QED) is 0.554. The number of aromatic nitrogens is 4. The molecule has 0 aliphatic carbocycles. The molecular weight excluding hydrogens is 493 g/mol. The van der Waals surface area contributed by atoms with E-state index in [0.717, 1.165) is 12.1 Å². The van der Waals surface area contributed by atoms with Gasteiger partial charge in [-0.05, 0) is 29.8 Å². The molecule has 1 aromatic carbocycles. The van der Waals surface area contributed by atoms with Crippen molar-refractivity contribution in [2.24, 2.45) is 0 Å². The van der Waals surface area contributed by atoms with Gasteiger partial charge in [0.15, 0.2) is 11.4 Å². The molecule has 0 radical (unpaired) electrons. The third kappa shape index (κ3) is 5.71. The minimum atomic E-state index is -4.45. The molecule has 4 heterocycles. The summed E-state index contributed by atoms with van der Waals surface area (Å²) in [7, 11) is 0. The highest BCUT2D eigenvalue weighted by Gasteiger charge is 2.38. The molecule has 194 valence electrons. The van der Waals surface area contributed by atoms with Gasteiger partial charge in [0.1, 0.15) is 12.3 Å². The standard InChI is InChI=1S/C24H23F3N6O4/c25-24(26,27)16-5-3-15(4-6-16)10-21(34)32-12-18-20(13-32)37-14-17-11-33(31-30-17)8-9-36-19-2-1-7-28-22(19)23(35)29-18/h1-7,11,18,20H,8-10,12-14H2,(H,29,35)/t18-,20-/m0/s1. The maximum Gasteiger partial charge on any atom is 0.416 e. The molecule has 2 aromatic heterocycles. The summed E-state index contributed by atoms with van der Waals surface area (Å²) in [6.45, 7) is 1.11. The van der Waals surface area contributed by atoms with Crippen molar-refractivity contribution in [3.8, 4) is 5.75 Å². The van der Waals surface area contributed by atoms with Crippen LogP contribution in [0.4, 0.5) is 13.2 Å². The van der Waals surface area contributed by atoms with Crippen molar-refractivity contribution in [3.05, 3.63) is 71.3 Å². The van der Waals surface area contributed by atoms with Crippen LogP contribution in [-0.2, 0) is 35.3 Å². The molecule has 5 rings (SSSR count). The van der Waals surface area contributed by atoms with Gasteiger partial charge in [0, 0.05) is 19.3 Å². The van der Waals surface area contributed by atoms with Crippen molar-refractivity contribution in [1.82, 2.24) is 30.2 Å². The number of likely N-dealkylation sites (tertiary alicyclic amines) is 1. The highest BCUT2D eigenvalue weighted by Crippen LogP contribution is 2.29. The molecule has 0 spiro atoms. The Kier molecular flexibility index (Phi) is 6.78. The van der Waals surface area contributed by atoms with E-state index in [1.54, 1.807) is 23.0 Å². The van der Waals surface area contributed by atoms with Gasteiger partial charge in [0.25, 0.3) is 5.91 Å². The second-order valence-corrected chi connectivity index (χ2v) is 8.77. The zero-order valence-electron chi connectivity index (χ0n) is 19.5. The third-order valence-corrected chi connectivity index (χ3v) is 6.17. The molecule has 10 nitrogen and oxygen atoms in total. The van der Waals surface area contributed by atoms with Crippen molar-refractivity contribution < 1.29 is 32.2 Å². The van der Waals surface area contributed by atoms with Gasteiger partial charge in [0.2, 0.25) is 5.91 Å². The largest absolute Gasteiger partial charge is 0.489 e. The topological polar surface area (TPSA) is 111 Å². The van der Waals surface area contributed by atoms with Crippen LogP contribution < -0.4 is 10.1 Å². The second-order valence-electron chi connectivity index (χ2n) is 8.77. The van der Waals surface area contributed by atoms with Crippen molar-refractivity contribution in [3.63, 3.8) is 0 Å². The summed E-state index contributed by atoms with van der Waals surface area (Å²) in [6, 6.07) is 7.22. The number of benzene rings is 1.